The molecule has 3 N–H and O–H groups in total. The van der Waals surface area contributed by atoms with Crippen molar-refractivity contribution in [3.63, 3.8) is 0 Å². The zero-order valence-corrected chi connectivity index (χ0v) is 18.0. The molecule has 0 saturated carbocycles. The molecule has 1 aliphatic rings. The van der Waals surface area contributed by atoms with Crippen LogP contribution in [-0.4, -0.2) is 35.1 Å². The quantitative estimate of drug-likeness (QED) is 0.515. The molecule has 1 amide bonds. The molecule has 0 bridgehead atoms. The molecule has 2 aromatic carbocycles. The van der Waals surface area contributed by atoms with Gasteiger partial charge in [-0.05, 0) is 56.3 Å². The molecule has 0 spiro atoms. The molecule has 1 aliphatic heterocycles. The van der Waals surface area contributed by atoms with E-state index in [1.54, 1.807) is 43.4 Å². The fraction of sp³-hybridized carbons (Fsp3) is 0.261. The minimum atomic E-state index is -0.575. The van der Waals surface area contributed by atoms with Crippen LogP contribution < -0.4 is 25.4 Å². The fourth-order valence-corrected chi connectivity index (χ4v) is 3.30. The Balaban J connectivity index is 1.46. The van der Waals surface area contributed by atoms with E-state index in [2.05, 4.69) is 25.9 Å². The van der Waals surface area contributed by atoms with Crippen LogP contribution in [0.2, 0.25) is 0 Å². The summed E-state index contributed by atoms with van der Waals surface area (Å²) in [4.78, 5) is 20.1. The summed E-state index contributed by atoms with van der Waals surface area (Å²) in [5, 5.41) is 8.62. The van der Waals surface area contributed by atoms with Gasteiger partial charge in [0.05, 0.1) is 12.3 Å². The van der Waals surface area contributed by atoms with Gasteiger partial charge in [0.25, 0.3) is 5.91 Å². The number of anilines is 4. The first-order valence-corrected chi connectivity index (χ1v) is 10.3. The summed E-state index contributed by atoms with van der Waals surface area (Å²) in [6.07, 6.45) is 1.10. The molecule has 8 nitrogen and oxygen atoms in total. The number of rotatable bonds is 7. The van der Waals surface area contributed by atoms with Crippen LogP contribution in [-0.2, 0) is 11.2 Å². The van der Waals surface area contributed by atoms with Crippen LogP contribution in [0.1, 0.15) is 19.4 Å². The van der Waals surface area contributed by atoms with E-state index < -0.39 is 11.9 Å². The predicted molar refractivity (Wildman–Crippen MR) is 119 cm³/mol. The largest absolute Gasteiger partial charge is 0.491 e. The molecule has 32 heavy (non-hydrogen) atoms. The van der Waals surface area contributed by atoms with Gasteiger partial charge in [-0.1, -0.05) is 0 Å². The highest BCUT2D eigenvalue weighted by Gasteiger charge is 2.28. The van der Waals surface area contributed by atoms with Crippen LogP contribution in [0.4, 0.5) is 27.5 Å². The number of halogens is 1. The first kappa shape index (κ1) is 21.4. The van der Waals surface area contributed by atoms with Gasteiger partial charge in [-0.2, -0.15) is 4.98 Å². The lowest BCUT2D eigenvalue weighted by Crippen LogP contribution is -2.34. The van der Waals surface area contributed by atoms with E-state index in [4.69, 9.17) is 9.47 Å². The fourth-order valence-electron chi connectivity index (χ4n) is 3.30. The third-order valence-electron chi connectivity index (χ3n) is 4.76. The lowest BCUT2D eigenvalue weighted by Gasteiger charge is -2.12. The number of nitrogens with one attached hydrogen (secondary N) is 3. The molecule has 9 heteroatoms. The number of amides is 1. The minimum absolute atomic E-state index is 0.0456. The second-order valence-electron chi connectivity index (χ2n) is 7.58. The van der Waals surface area contributed by atoms with Gasteiger partial charge >= 0.3 is 0 Å². The van der Waals surface area contributed by atoms with Crippen molar-refractivity contribution in [1.29, 1.82) is 0 Å². The van der Waals surface area contributed by atoms with E-state index in [9.17, 15) is 9.18 Å². The molecule has 0 radical (unpaired) electrons. The molecule has 0 aliphatic carbocycles. The van der Waals surface area contributed by atoms with Crippen molar-refractivity contribution in [1.82, 2.24) is 15.3 Å². The molecular weight excluding hydrogens is 413 g/mol. The summed E-state index contributed by atoms with van der Waals surface area (Å²) in [6.45, 7) is 3.90. The van der Waals surface area contributed by atoms with Crippen LogP contribution >= 0.6 is 0 Å². The van der Waals surface area contributed by atoms with Gasteiger partial charge in [0.2, 0.25) is 5.95 Å². The van der Waals surface area contributed by atoms with Gasteiger partial charge in [0, 0.05) is 30.4 Å². The number of hydrogen-bond donors (Lipinski definition) is 3. The maximum absolute atomic E-state index is 14.3. The van der Waals surface area contributed by atoms with Crippen molar-refractivity contribution < 1.29 is 18.7 Å². The summed E-state index contributed by atoms with van der Waals surface area (Å²) >= 11 is 0. The van der Waals surface area contributed by atoms with Gasteiger partial charge in [-0.25, -0.2) is 9.37 Å². The molecule has 1 unspecified atom stereocenters. The molecule has 0 fully saturated rings. The average molecular weight is 437 g/mol. The second-order valence-corrected chi connectivity index (χ2v) is 7.58. The number of likely N-dealkylation sites (N-methyl/N-ethyl adjacent to an activating group) is 1. The second kappa shape index (κ2) is 9.09. The van der Waals surface area contributed by atoms with Crippen LogP contribution in [0.25, 0.3) is 0 Å². The number of fused-ring (bicyclic) bond motifs is 1. The maximum Gasteiger partial charge on any atom is 0.261 e. The Hall–Kier alpha value is -3.88. The summed E-state index contributed by atoms with van der Waals surface area (Å²) < 4.78 is 25.6. The Morgan fingerprint density at radius 2 is 1.91 bits per heavy atom. The third-order valence-corrected chi connectivity index (χ3v) is 4.76. The van der Waals surface area contributed by atoms with Crippen molar-refractivity contribution in [2.45, 2.75) is 32.5 Å². The SMILES string of the molecule is CNC(=O)C1Cc2cc(Nc3ncc(F)c(Nc4ccc(OC(C)C)cc4)n3)ccc2O1. The highest BCUT2D eigenvalue weighted by molar-refractivity contribution is 5.82. The molecule has 166 valence electrons. The first-order valence-electron chi connectivity index (χ1n) is 10.3. The normalized spacial score (nSPS) is 14.5. The van der Waals surface area contributed by atoms with Crippen molar-refractivity contribution in [3.8, 4) is 11.5 Å². The van der Waals surface area contributed by atoms with E-state index in [-0.39, 0.29) is 23.8 Å². The summed E-state index contributed by atoms with van der Waals surface area (Å²) in [7, 11) is 1.58. The Labute approximate surface area is 185 Å². The van der Waals surface area contributed by atoms with E-state index in [1.165, 1.54) is 0 Å². The van der Waals surface area contributed by atoms with Crippen molar-refractivity contribution in [2.75, 3.05) is 17.7 Å². The molecule has 1 atom stereocenters. The lowest BCUT2D eigenvalue weighted by atomic mass is 10.1. The van der Waals surface area contributed by atoms with Gasteiger partial charge in [-0.3, -0.25) is 4.79 Å². The monoisotopic (exact) mass is 437 g/mol. The highest BCUT2D eigenvalue weighted by atomic mass is 19.1. The van der Waals surface area contributed by atoms with Crippen LogP contribution in [0, 0.1) is 5.82 Å². The first-order chi connectivity index (χ1) is 15.4. The Morgan fingerprint density at radius 3 is 2.62 bits per heavy atom. The zero-order valence-electron chi connectivity index (χ0n) is 18.0. The minimum Gasteiger partial charge on any atom is -0.491 e. The van der Waals surface area contributed by atoms with Gasteiger partial charge in [0.1, 0.15) is 11.5 Å². The summed E-state index contributed by atoms with van der Waals surface area (Å²) in [5.41, 5.74) is 2.27. The van der Waals surface area contributed by atoms with Crippen LogP contribution in [0.3, 0.4) is 0 Å². The topological polar surface area (TPSA) is 97.4 Å². The maximum atomic E-state index is 14.3. The van der Waals surface area contributed by atoms with Crippen molar-refractivity contribution in [2.24, 2.45) is 0 Å². The Morgan fingerprint density at radius 1 is 1.16 bits per heavy atom. The van der Waals surface area contributed by atoms with E-state index in [0.717, 1.165) is 17.5 Å². The Kier molecular flexibility index (Phi) is 6.07. The number of nitrogens with zero attached hydrogens (tertiary/aromatic N) is 2. The van der Waals surface area contributed by atoms with Gasteiger partial charge < -0.3 is 25.4 Å². The Bertz CT molecular complexity index is 1120. The molecule has 1 aromatic heterocycles. The lowest BCUT2D eigenvalue weighted by molar-refractivity contribution is -0.126. The van der Waals surface area contributed by atoms with Gasteiger partial charge in [0.15, 0.2) is 17.7 Å². The molecular formula is C23H24FN5O3. The number of hydrogen-bond acceptors (Lipinski definition) is 7. The third kappa shape index (κ3) is 4.88. The van der Waals surface area contributed by atoms with Crippen LogP contribution in [0.15, 0.2) is 48.7 Å². The number of aromatic nitrogens is 2. The van der Waals surface area contributed by atoms with Crippen molar-refractivity contribution in [3.05, 3.63) is 60.0 Å². The van der Waals surface area contributed by atoms with Gasteiger partial charge in [-0.15, -0.1) is 0 Å². The molecule has 2 heterocycles. The number of benzene rings is 2. The van der Waals surface area contributed by atoms with Crippen molar-refractivity contribution >= 4 is 29.0 Å². The average Bonchev–Trinajstić information content (AvgIpc) is 3.20. The highest BCUT2D eigenvalue weighted by Crippen LogP contribution is 2.32. The zero-order chi connectivity index (χ0) is 22.7. The summed E-state index contributed by atoms with van der Waals surface area (Å²) in [5.74, 6) is 0.928. The van der Waals surface area contributed by atoms with E-state index in [1.807, 2.05) is 19.9 Å². The van der Waals surface area contributed by atoms with E-state index >= 15 is 0 Å². The molecule has 4 rings (SSSR count). The number of ether oxygens (including phenoxy) is 2. The summed E-state index contributed by atoms with van der Waals surface area (Å²) in [6, 6.07) is 12.6. The number of carbonyl (C=O) groups is 1. The smallest absolute Gasteiger partial charge is 0.261 e. The standard InChI is InChI=1S/C23H24FN5O3/c1-13(2)31-17-7-4-15(5-8-17)27-21-18(24)12-26-23(29-21)28-16-6-9-19-14(10-16)11-20(32-19)22(30)25-3/h4-10,12-13,20H,11H2,1-3H3,(H,25,30)(H2,26,27,28,29). The van der Waals surface area contributed by atoms with E-state index in [0.29, 0.717) is 23.5 Å². The number of carbonyl (C=O) groups excluding carboxylic acids is 1. The molecule has 3 aromatic rings. The van der Waals surface area contributed by atoms with Crippen LogP contribution in [0.5, 0.6) is 11.5 Å². The molecule has 0 saturated heterocycles. The predicted octanol–water partition coefficient (Wildman–Crippen LogP) is 3.94.